The molecule has 0 aromatic rings. The third-order valence-corrected chi connectivity index (χ3v) is 0. The summed E-state index contributed by atoms with van der Waals surface area (Å²) in [6, 6.07) is 0. The van der Waals surface area contributed by atoms with Crippen molar-refractivity contribution in [2.24, 2.45) is 0 Å². The molecule has 0 amide bonds. The number of rotatable bonds is 0. The predicted molar refractivity (Wildman–Crippen MR) is 20.9 cm³/mol. The Morgan fingerprint density at radius 1 is 1.00 bits per heavy atom. The van der Waals surface area contributed by atoms with E-state index < -0.39 is 0 Å². The molecule has 0 atom stereocenters. The van der Waals surface area contributed by atoms with Crippen molar-refractivity contribution in [3.8, 4) is 0 Å². The van der Waals surface area contributed by atoms with E-state index >= 15 is 0 Å². The van der Waals surface area contributed by atoms with Crippen molar-refractivity contribution in [1.29, 1.82) is 0 Å². The zero-order valence-electron chi connectivity index (χ0n) is 4.98. The van der Waals surface area contributed by atoms with Crippen LogP contribution in [0.3, 0.4) is 0 Å². The van der Waals surface area contributed by atoms with Crippen LogP contribution in [0.4, 0.5) is 0 Å². The van der Waals surface area contributed by atoms with Crippen molar-refractivity contribution in [2.75, 3.05) is 0 Å². The largest absolute Gasteiger partial charge is 2.00 e. The van der Waals surface area contributed by atoms with Gasteiger partial charge in [-0.25, -0.2) is 0 Å². The summed E-state index contributed by atoms with van der Waals surface area (Å²) in [5.41, 5.74) is 0. The molecule has 6 heavy (non-hydrogen) atoms. The van der Waals surface area contributed by atoms with Crippen LogP contribution >= 0.6 is 0 Å². The van der Waals surface area contributed by atoms with E-state index in [1.54, 1.807) is 0 Å². The first-order valence-electron chi connectivity index (χ1n) is 0. The van der Waals surface area contributed by atoms with E-state index in [4.69, 9.17) is 0 Å². The smallest absolute Gasteiger partial charge is 2.00 e. The summed E-state index contributed by atoms with van der Waals surface area (Å²) in [5, 5.41) is 0. The van der Waals surface area contributed by atoms with E-state index in [1.165, 1.54) is 0 Å². The van der Waals surface area contributed by atoms with Crippen LogP contribution in [0.25, 0.3) is 0 Å². The summed E-state index contributed by atoms with van der Waals surface area (Å²) in [6.07, 6.45) is 0. The first kappa shape index (κ1) is 50.1. The molecular weight excluding hydrogens is 432 g/mol. The minimum absolute atomic E-state index is 0. The quantitative estimate of drug-likeness (QED) is 0.433. The second-order valence-electron chi connectivity index (χ2n) is 0. The van der Waals surface area contributed by atoms with Crippen molar-refractivity contribution >= 4 is 109 Å². The van der Waals surface area contributed by atoms with Gasteiger partial charge in [-0.05, 0) is 0 Å². The molecule has 0 saturated carbocycles. The van der Waals surface area contributed by atoms with Crippen LogP contribution in [-0.4, -0.2) is 109 Å². The van der Waals surface area contributed by atoms with E-state index in [9.17, 15) is 0 Å². The first-order chi connectivity index (χ1) is 0. The normalized spacial score (nSPS) is 0. The fourth-order valence-corrected chi connectivity index (χ4v) is 0. The van der Waals surface area contributed by atoms with Gasteiger partial charge in [-0.2, -0.15) is 0 Å². The average Bonchev–Trinajstić information content (AvgIpc) is 0. The topological polar surface area (TPSA) is 57.0 Å². The molecule has 4 radical (unpaired) electrons. The fourth-order valence-electron chi connectivity index (χ4n) is 0. The first-order valence-corrected chi connectivity index (χ1v) is 0. The molecule has 0 aliphatic heterocycles. The zero-order chi connectivity index (χ0) is 0. The molecule has 0 rings (SSSR count). The van der Waals surface area contributed by atoms with Crippen molar-refractivity contribution in [1.82, 2.24) is 0 Å². The minimum atomic E-state index is 0. The summed E-state index contributed by atoms with van der Waals surface area (Å²) in [5.74, 6) is 0. The van der Waals surface area contributed by atoms with Crippen molar-refractivity contribution in [3.63, 3.8) is 0 Å². The van der Waals surface area contributed by atoms with Gasteiger partial charge in [0.2, 0.25) is 0 Å². The van der Waals surface area contributed by atoms with Gasteiger partial charge in [0.25, 0.3) is 0 Å². The Morgan fingerprint density at radius 3 is 1.00 bits per heavy atom. The molecule has 34 valence electrons. The molecular formula is H2BiCaCuO2Sr. The molecule has 0 saturated heterocycles. The standard InChI is InChI=1S/Bi.Ca.Cu.2O.Sr.2H/q;2*+2;2*-2;+2;2*-1. The molecule has 0 unspecified atom stereocenters. The molecule has 0 aromatic heterocycles. The Hall–Kier alpha value is 4.06. The van der Waals surface area contributed by atoms with Crippen molar-refractivity contribution < 1.29 is 30.9 Å². The van der Waals surface area contributed by atoms with Gasteiger partial charge >= 0.3 is 100 Å². The molecule has 0 N–H and O–H groups in total. The van der Waals surface area contributed by atoms with Crippen LogP contribution in [-0.2, 0) is 28.0 Å². The monoisotopic (exact) mass is 434 g/mol. The third kappa shape index (κ3) is 24.4. The van der Waals surface area contributed by atoms with E-state index in [-0.39, 0.29) is 140 Å². The second kappa shape index (κ2) is 35.7. The Morgan fingerprint density at radius 2 is 1.00 bits per heavy atom. The van der Waals surface area contributed by atoms with Crippen molar-refractivity contribution in [2.45, 2.75) is 0 Å². The molecule has 0 heterocycles. The van der Waals surface area contributed by atoms with Crippen LogP contribution in [0.1, 0.15) is 2.85 Å². The van der Waals surface area contributed by atoms with Gasteiger partial charge in [0.05, 0.1) is 0 Å². The Labute approximate surface area is 137 Å². The molecule has 0 aromatic carbocycles. The van der Waals surface area contributed by atoms with Crippen LogP contribution in [0.15, 0.2) is 0 Å². The van der Waals surface area contributed by atoms with Gasteiger partial charge in [0.15, 0.2) is 0 Å². The van der Waals surface area contributed by atoms with Gasteiger partial charge in [0, 0.05) is 26.2 Å². The predicted octanol–water partition coefficient (Wildman–Crippen LogP) is -1.16. The van der Waals surface area contributed by atoms with Crippen molar-refractivity contribution in [3.05, 3.63) is 0 Å². The van der Waals surface area contributed by atoms with E-state index in [0.29, 0.717) is 0 Å². The molecule has 0 fully saturated rings. The Kier molecular flexibility index (Phi) is 298. The van der Waals surface area contributed by atoms with Gasteiger partial charge in [-0.3, -0.25) is 0 Å². The number of hydrogen-bond acceptors (Lipinski definition) is 0. The van der Waals surface area contributed by atoms with Crippen LogP contribution in [0.2, 0.25) is 0 Å². The maximum Gasteiger partial charge on any atom is 2.00 e. The maximum atomic E-state index is 0. The molecule has 0 aliphatic carbocycles. The summed E-state index contributed by atoms with van der Waals surface area (Å²) >= 11 is 0. The van der Waals surface area contributed by atoms with E-state index in [0.717, 1.165) is 0 Å². The average molecular weight is 434 g/mol. The zero-order valence-corrected chi connectivity index (χ0v) is 13.1. The van der Waals surface area contributed by atoms with E-state index in [2.05, 4.69) is 0 Å². The molecule has 0 bridgehead atoms. The molecule has 0 aliphatic rings. The molecule has 2 nitrogen and oxygen atoms in total. The fraction of sp³-hybridized carbons (Fsp3) is 0. The van der Waals surface area contributed by atoms with Gasteiger partial charge < -0.3 is 13.8 Å². The Balaban J connectivity index is 0. The van der Waals surface area contributed by atoms with Gasteiger partial charge in [0.1, 0.15) is 0 Å². The maximum absolute atomic E-state index is 0. The minimum Gasteiger partial charge on any atom is -2.00 e. The summed E-state index contributed by atoms with van der Waals surface area (Å²) in [7, 11) is 0. The SMILES string of the molecule is [Bi].[Ca+2].[Cu+2].[H-].[H-].[O-2].[O-2].[Sr+2]. The summed E-state index contributed by atoms with van der Waals surface area (Å²) in [6.45, 7) is 0. The van der Waals surface area contributed by atoms with Gasteiger partial charge in [-0.1, -0.05) is 0 Å². The number of hydrogen-bond donors (Lipinski definition) is 0. The van der Waals surface area contributed by atoms with Gasteiger partial charge in [-0.15, -0.1) is 0 Å². The third-order valence-electron chi connectivity index (χ3n) is 0. The molecule has 6 heteroatoms. The summed E-state index contributed by atoms with van der Waals surface area (Å²) in [4.78, 5) is 0. The molecule has 0 spiro atoms. The van der Waals surface area contributed by atoms with Crippen LogP contribution in [0, 0.1) is 0 Å². The Bertz CT molecular complexity index is 20.0. The van der Waals surface area contributed by atoms with Crippen LogP contribution < -0.4 is 0 Å². The second-order valence-corrected chi connectivity index (χ2v) is 0. The summed E-state index contributed by atoms with van der Waals surface area (Å²) < 4.78 is 0. The van der Waals surface area contributed by atoms with E-state index in [1.807, 2.05) is 0 Å². The van der Waals surface area contributed by atoms with Crippen LogP contribution in [0.5, 0.6) is 0 Å².